The number of nitrogens with zero attached hydrogens (tertiary/aromatic N) is 1. The fraction of sp³-hybridized carbons (Fsp3) is 0.462. The van der Waals surface area contributed by atoms with E-state index in [1.54, 1.807) is 12.1 Å². The van der Waals surface area contributed by atoms with Gasteiger partial charge in [-0.3, -0.25) is 0 Å². The summed E-state index contributed by atoms with van der Waals surface area (Å²) in [5, 5.41) is 19.2. The molecule has 0 spiro atoms. The molecule has 4 nitrogen and oxygen atoms in total. The highest BCUT2D eigenvalue weighted by molar-refractivity contribution is 5.65. The molecule has 0 radical (unpaired) electrons. The van der Waals surface area contributed by atoms with E-state index in [1.165, 1.54) is 17.0 Å². The van der Waals surface area contributed by atoms with Crippen molar-refractivity contribution in [1.29, 1.82) is 0 Å². The zero-order valence-corrected chi connectivity index (χ0v) is 9.97. The topological polar surface area (TPSA) is 60.8 Å². The Kier molecular flexibility index (Phi) is 3.52. The van der Waals surface area contributed by atoms with Crippen molar-refractivity contribution in [1.82, 2.24) is 4.90 Å². The molecule has 0 atom stereocenters. The number of aliphatic hydroxyl groups is 1. The summed E-state index contributed by atoms with van der Waals surface area (Å²) in [5.74, 6) is -0.300. The molecule has 1 heterocycles. The molecule has 0 aromatic heterocycles. The van der Waals surface area contributed by atoms with Gasteiger partial charge in [-0.15, -0.1) is 0 Å². The van der Waals surface area contributed by atoms with E-state index < -0.39 is 11.7 Å². The maximum Gasteiger partial charge on any atom is 0.407 e. The summed E-state index contributed by atoms with van der Waals surface area (Å²) in [6.45, 7) is 0.681. The lowest BCUT2D eigenvalue weighted by atomic mass is 9.85. The van der Waals surface area contributed by atoms with Gasteiger partial charge in [0.15, 0.2) is 0 Å². The number of likely N-dealkylation sites (tertiary alicyclic amines) is 1. The van der Waals surface area contributed by atoms with Crippen LogP contribution in [0.2, 0.25) is 0 Å². The molecule has 5 heteroatoms. The van der Waals surface area contributed by atoms with Gasteiger partial charge in [0, 0.05) is 19.5 Å². The van der Waals surface area contributed by atoms with E-state index in [1.807, 2.05) is 0 Å². The predicted octanol–water partition coefficient (Wildman–Crippen LogP) is 1.87. The Morgan fingerprint density at radius 3 is 2.33 bits per heavy atom. The maximum atomic E-state index is 12.8. The summed E-state index contributed by atoms with van der Waals surface area (Å²) in [6, 6.07) is 6.03. The van der Waals surface area contributed by atoms with Crippen molar-refractivity contribution in [2.75, 3.05) is 13.1 Å². The van der Waals surface area contributed by atoms with E-state index >= 15 is 0 Å². The Labute approximate surface area is 105 Å². The van der Waals surface area contributed by atoms with E-state index in [0.717, 1.165) is 5.56 Å². The summed E-state index contributed by atoms with van der Waals surface area (Å²) in [6.07, 6.45) is 0.313. The summed E-state index contributed by atoms with van der Waals surface area (Å²) >= 11 is 0. The van der Waals surface area contributed by atoms with Crippen LogP contribution >= 0.6 is 0 Å². The minimum absolute atomic E-state index is 0.300. The predicted molar refractivity (Wildman–Crippen MR) is 63.9 cm³/mol. The third kappa shape index (κ3) is 2.98. The second-order valence-corrected chi connectivity index (χ2v) is 4.80. The van der Waals surface area contributed by atoms with Gasteiger partial charge in [-0.1, -0.05) is 12.1 Å². The molecule has 2 rings (SSSR count). The molecule has 1 fully saturated rings. The van der Waals surface area contributed by atoms with Crippen LogP contribution in [0, 0.1) is 5.82 Å². The van der Waals surface area contributed by atoms with Crippen LogP contribution in [0.25, 0.3) is 0 Å². The van der Waals surface area contributed by atoms with Crippen LogP contribution < -0.4 is 0 Å². The summed E-state index contributed by atoms with van der Waals surface area (Å²) in [7, 11) is 0. The Hall–Kier alpha value is -1.62. The van der Waals surface area contributed by atoms with Gasteiger partial charge in [0.1, 0.15) is 5.82 Å². The van der Waals surface area contributed by atoms with Gasteiger partial charge in [0.25, 0.3) is 0 Å². The lowest BCUT2D eigenvalue weighted by molar-refractivity contribution is -0.0162. The lowest BCUT2D eigenvalue weighted by Crippen LogP contribution is -2.47. The Morgan fingerprint density at radius 1 is 1.28 bits per heavy atom. The van der Waals surface area contributed by atoms with Crippen molar-refractivity contribution in [2.24, 2.45) is 0 Å². The van der Waals surface area contributed by atoms with E-state index in [-0.39, 0.29) is 5.82 Å². The number of hydrogen-bond acceptors (Lipinski definition) is 2. The molecule has 0 aliphatic carbocycles. The van der Waals surface area contributed by atoms with E-state index in [9.17, 15) is 14.3 Å². The van der Waals surface area contributed by atoms with Gasteiger partial charge in [-0.05, 0) is 30.5 Å². The molecule has 1 aliphatic rings. The highest BCUT2D eigenvalue weighted by Crippen LogP contribution is 2.26. The van der Waals surface area contributed by atoms with Crippen LogP contribution in [0.15, 0.2) is 24.3 Å². The number of carboxylic acid groups (broad SMARTS) is 1. The van der Waals surface area contributed by atoms with Gasteiger partial charge in [-0.2, -0.15) is 0 Å². The molecule has 1 aliphatic heterocycles. The largest absolute Gasteiger partial charge is 0.465 e. The van der Waals surface area contributed by atoms with Crippen LogP contribution in [0.5, 0.6) is 0 Å². The third-order valence-corrected chi connectivity index (χ3v) is 3.41. The van der Waals surface area contributed by atoms with Gasteiger partial charge >= 0.3 is 6.09 Å². The molecular formula is C13H16FNO3. The van der Waals surface area contributed by atoms with E-state index in [0.29, 0.717) is 32.4 Å². The van der Waals surface area contributed by atoms with Crippen LogP contribution in [-0.4, -0.2) is 39.9 Å². The summed E-state index contributed by atoms with van der Waals surface area (Å²) in [4.78, 5) is 12.1. The number of halogens is 1. The maximum absolute atomic E-state index is 12.8. The number of benzene rings is 1. The first-order valence-corrected chi connectivity index (χ1v) is 5.93. The second-order valence-electron chi connectivity index (χ2n) is 4.80. The molecule has 0 bridgehead atoms. The van der Waals surface area contributed by atoms with Crippen molar-refractivity contribution in [3.63, 3.8) is 0 Å². The van der Waals surface area contributed by atoms with Crippen LogP contribution in [0.4, 0.5) is 9.18 Å². The molecule has 0 unspecified atom stereocenters. The normalized spacial score (nSPS) is 18.7. The number of piperidine rings is 1. The molecule has 0 saturated carbocycles. The van der Waals surface area contributed by atoms with Gasteiger partial charge < -0.3 is 15.1 Å². The highest BCUT2D eigenvalue weighted by atomic mass is 19.1. The molecule has 98 valence electrons. The van der Waals surface area contributed by atoms with Crippen LogP contribution in [0.3, 0.4) is 0 Å². The van der Waals surface area contributed by atoms with Crippen molar-refractivity contribution in [3.05, 3.63) is 35.6 Å². The monoisotopic (exact) mass is 253 g/mol. The smallest absolute Gasteiger partial charge is 0.407 e. The Bertz CT molecular complexity index is 424. The zero-order chi connectivity index (χ0) is 13.2. The van der Waals surface area contributed by atoms with E-state index in [4.69, 9.17) is 5.11 Å². The molecular weight excluding hydrogens is 237 g/mol. The molecule has 1 amide bonds. The quantitative estimate of drug-likeness (QED) is 0.846. The fourth-order valence-electron chi connectivity index (χ4n) is 2.27. The average Bonchev–Trinajstić information content (AvgIpc) is 2.32. The number of rotatable bonds is 2. The van der Waals surface area contributed by atoms with Gasteiger partial charge in [-0.25, -0.2) is 9.18 Å². The van der Waals surface area contributed by atoms with E-state index in [2.05, 4.69) is 0 Å². The molecule has 1 aromatic carbocycles. The first-order chi connectivity index (χ1) is 8.48. The fourth-order valence-corrected chi connectivity index (χ4v) is 2.27. The number of carbonyl (C=O) groups is 1. The number of amides is 1. The van der Waals surface area contributed by atoms with Crippen molar-refractivity contribution in [3.8, 4) is 0 Å². The molecule has 2 N–H and O–H groups in total. The van der Waals surface area contributed by atoms with Crippen molar-refractivity contribution < 1.29 is 19.4 Å². The van der Waals surface area contributed by atoms with Crippen molar-refractivity contribution >= 4 is 6.09 Å². The standard InChI is InChI=1S/C13H16FNO3/c14-11-3-1-10(2-4-11)9-13(18)5-7-15(8-6-13)12(16)17/h1-4,18H,5-9H2,(H,16,17). The Balaban J connectivity index is 1.97. The average molecular weight is 253 g/mol. The first-order valence-electron chi connectivity index (χ1n) is 5.93. The van der Waals surface area contributed by atoms with Gasteiger partial charge in [0.2, 0.25) is 0 Å². The third-order valence-electron chi connectivity index (χ3n) is 3.41. The van der Waals surface area contributed by atoms with Crippen LogP contribution in [0.1, 0.15) is 18.4 Å². The van der Waals surface area contributed by atoms with Crippen molar-refractivity contribution in [2.45, 2.75) is 24.9 Å². The highest BCUT2D eigenvalue weighted by Gasteiger charge is 2.33. The summed E-state index contributed by atoms with van der Waals surface area (Å²) < 4.78 is 12.8. The molecule has 1 aromatic rings. The minimum atomic E-state index is -0.946. The first kappa shape index (κ1) is 12.8. The lowest BCUT2D eigenvalue weighted by Gasteiger charge is -2.37. The summed E-state index contributed by atoms with van der Waals surface area (Å²) in [5.41, 5.74) is -0.0216. The molecule has 1 saturated heterocycles. The minimum Gasteiger partial charge on any atom is -0.465 e. The number of hydrogen-bond donors (Lipinski definition) is 2. The second kappa shape index (κ2) is 4.94. The van der Waals surface area contributed by atoms with Crippen LogP contribution in [-0.2, 0) is 6.42 Å². The Morgan fingerprint density at radius 2 is 1.83 bits per heavy atom. The van der Waals surface area contributed by atoms with Gasteiger partial charge in [0.05, 0.1) is 5.60 Å². The molecule has 18 heavy (non-hydrogen) atoms. The SMILES string of the molecule is O=C(O)N1CCC(O)(Cc2ccc(F)cc2)CC1. The zero-order valence-electron chi connectivity index (χ0n) is 9.97.